The van der Waals surface area contributed by atoms with Gasteiger partial charge in [0, 0.05) is 53.7 Å². The number of benzene rings is 4. The van der Waals surface area contributed by atoms with Crippen molar-refractivity contribution in [3.05, 3.63) is 190 Å². The molecule has 1 aliphatic heterocycles. The fraction of sp³-hybridized carbons (Fsp3) is 0.232. The molecule has 1 atom stereocenters. The van der Waals surface area contributed by atoms with E-state index in [-0.39, 0.29) is 64.4 Å². The van der Waals surface area contributed by atoms with E-state index in [4.69, 9.17) is 18.9 Å². The van der Waals surface area contributed by atoms with Crippen molar-refractivity contribution in [2.75, 3.05) is 26.3 Å². The molecule has 4 aromatic heterocycles. The van der Waals surface area contributed by atoms with Gasteiger partial charge in [0.15, 0.2) is 23.1 Å². The number of likely N-dealkylation sites (tertiary alicyclic amines) is 1. The van der Waals surface area contributed by atoms with Gasteiger partial charge in [-0.1, -0.05) is 94.3 Å². The maximum absolute atomic E-state index is 13.3. The lowest BCUT2D eigenvalue weighted by Gasteiger charge is -2.17. The summed E-state index contributed by atoms with van der Waals surface area (Å²) in [7, 11) is 0. The number of rotatable bonds is 12. The number of carboxylic acids is 1. The van der Waals surface area contributed by atoms with Crippen molar-refractivity contribution in [3.8, 4) is 34.0 Å². The molecular formula is C56H43F12N5O11. The zero-order chi connectivity index (χ0) is 61.6. The summed E-state index contributed by atoms with van der Waals surface area (Å²) in [4.78, 5) is 63.8. The highest BCUT2D eigenvalue weighted by atomic mass is 19.4. The molecule has 1 saturated heterocycles. The number of halogens is 12. The number of ether oxygens (including phenoxy) is 2. The van der Waals surface area contributed by atoms with E-state index in [9.17, 15) is 76.7 Å². The van der Waals surface area contributed by atoms with Crippen LogP contribution >= 0.6 is 0 Å². The van der Waals surface area contributed by atoms with Gasteiger partial charge in [0.2, 0.25) is 0 Å². The number of aromatic carboxylic acids is 1. The molecule has 1 unspecified atom stereocenters. The first-order valence-electron chi connectivity index (χ1n) is 24.5. The predicted octanol–water partition coefficient (Wildman–Crippen LogP) is 13.8. The van der Waals surface area contributed by atoms with Crippen LogP contribution in [0.1, 0.15) is 102 Å². The predicted molar refractivity (Wildman–Crippen MR) is 268 cm³/mol. The zero-order valence-corrected chi connectivity index (χ0v) is 43.4. The first kappa shape index (κ1) is 63.6. The van der Waals surface area contributed by atoms with Crippen molar-refractivity contribution in [3.63, 3.8) is 0 Å². The molecule has 84 heavy (non-hydrogen) atoms. The van der Waals surface area contributed by atoms with Crippen LogP contribution in [-0.2, 0) is 39.0 Å². The van der Waals surface area contributed by atoms with Gasteiger partial charge in [-0.05, 0) is 56.2 Å². The number of nitrogens with zero attached hydrogens (tertiary/aromatic N) is 5. The van der Waals surface area contributed by atoms with Crippen LogP contribution in [0.2, 0.25) is 0 Å². The minimum atomic E-state index is -4.62. The number of amides is 1. The minimum Gasteiger partial charge on any atom is -0.477 e. The number of hydrogen-bond acceptors (Lipinski definition) is 14. The molecule has 5 heterocycles. The first-order valence-corrected chi connectivity index (χ1v) is 24.5. The van der Waals surface area contributed by atoms with Gasteiger partial charge in [-0.15, -0.1) is 0 Å². The molecule has 0 radical (unpaired) electrons. The van der Waals surface area contributed by atoms with E-state index in [1.807, 2.05) is 12.1 Å². The van der Waals surface area contributed by atoms with Crippen LogP contribution in [0.15, 0.2) is 154 Å². The maximum Gasteiger partial charge on any atom is 0.417 e. The third kappa shape index (κ3) is 16.1. The van der Waals surface area contributed by atoms with Crippen molar-refractivity contribution in [2.45, 2.75) is 57.3 Å². The molecule has 1 aliphatic rings. The Labute approximate surface area is 466 Å². The van der Waals surface area contributed by atoms with E-state index in [1.165, 1.54) is 66.9 Å². The van der Waals surface area contributed by atoms with Crippen molar-refractivity contribution >= 4 is 29.6 Å². The molecule has 0 aliphatic carbocycles. The standard InChI is InChI=1S/C20H16F3N3O2.C13H10F3NO3.C12H11F3O3.C11H6F3NO3/c21-20(22,23)17-6-2-1-5-15(17)18-16(11-25-28-18)19(27)26-9-7-14(12-26)13-4-3-8-24-10-13;1-2-19-12(18)9-7-17-20-11(9)8-5-3-4-6-10(8)13(14,15)16;1-2-18-11(17)7-10(16)8-5-3-4-6-9(8)12(13,14)15;12-11(13,14)8-4-2-1-3-6(8)9-7(10(16)17)5-15-18-9/h1-6,8,10-11,14H,7,9,12H2;3-7H,2H2,1H3;3-6H,2,7H2,1H3;1-5H,(H,16,17). The van der Waals surface area contributed by atoms with Crippen LogP contribution in [0, 0.1) is 0 Å². The molecular weight excluding hydrogens is 1150 g/mol. The molecule has 4 aromatic carbocycles. The third-order valence-electron chi connectivity index (χ3n) is 11.9. The van der Waals surface area contributed by atoms with Gasteiger partial charge in [0.05, 0.1) is 54.1 Å². The first-order chi connectivity index (χ1) is 39.7. The molecule has 1 amide bonds. The highest BCUT2D eigenvalue weighted by Crippen LogP contribution is 2.42. The monoisotopic (exact) mass is 1190 g/mol. The Hall–Kier alpha value is -9.63. The van der Waals surface area contributed by atoms with E-state index < -0.39 is 94.0 Å². The van der Waals surface area contributed by atoms with E-state index in [0.717, 1.165) is 60.8 Å². The summed E-state index contributed by atoms with van der Waals surface area (Å²) < 4.78 is 179. The number of esters is 2. The molecule has 8 aromatic rings. The number of carboxylic acid groups (broad SMARTS) is 1. The summed E-state index contributed by atoms with van der Waals surface area (Å²) in [6.45, 7) is 4.29. The molecule has 442 valence electrons. The number of carbonyl (C=O) groups is 5. The average molecular weight is 1190 g/mol. The van der Waals surface area contributed by atoms with Gasteiger partial charge < -0.3 is 33.0 Å². The molecule has 16 nitrogen and oxygen atoms in total. The van der Waals surface area contributed by atoms with Crippen molar-refractivity contribution in [2.24, 2.45) is 0 Å². The van der Waals surface area contributed by atoms with Crippen molar-refractivity contribution in [1.29, 1.82) is 0 Å². The van der Waals surface area contributed by atoms with Crippen molar-refractivity contribution < 1.29 is 105 Å². The summed E-state index contributed by atoms with van der Waals surface area (Å²) in [6, 6.07) is 22.5. The third-order valence-corrected chi connectivity index (χ3v) is 11.9. The van der Waals surface area contributed by atoms with Gasteiger partial charge in [0.1, 0.15) is 23.1 Å². The van der Waals surface area contributed by atoms with E-state index >= 15 is 0 Å². The van der Waals surface area contributed by atoms with Gasteiger partial charge in [-0.25, -0.2) is 9.59 Å². The molecule has 1 fully saturated rings. The number of carbonyl (C=O) groups excluding carboxylic acids is 4. The summed E-state index contributed by atoms with van der Waals surface area (Å²) in [6.07, 6.45) is -11.7. The Morgan fingerprint density at radius 2 is 0.964 bits per heavy atom. The lowest BCUT2D eigenvalue weighted by atomic mass is 10.0. The topological polar surface area (TPSA) is 218 Å². The Morgan fingerprint density at radius 1 is 0.536 bits per heavy atom. The fourth-order valence-electron chi connectivity index (χ4n) is 8.16. The average Bonchev–Trinajstić information content (AvgIpc) is 3.03. The Morgan fingerprint density at radius 3 is 1.42 bits per heavy atom. The number of Topliss-reactive ketones (excluding diaryl/α,β-unsaturated/α-hetero) is 1. The summed E-state index contributed by atoms with van der Waals surface area (Å²) >= 11 is 0. The Kier molecular flexibility index (Phi) is 20.7. The quantitative estimate of drug-likeness (QED) is 0.0520. The van der Waals surface area contributed by atoms with Gasteiger partial charge >= 0.3 is 42.6 Å². The van der Waals surface area contributed by atoms with E-state index in [1.54, 1.807) is 31.1 Å². The van der Waals surface area contributed by atoms with Crippen LogP contribution in [0.5, 0.6) is 0 Å². The smallest absolute Gasteiger partial charge is 0.417 e. The van der Waals surface area contributed by atoms with Crippen LogP contribution in [0.3, 0.4) is 0 Å². The summed E-state index contributed by atoms with van der Waals surface area (Å²) in [5.41, 5.74) is -4.57. The van der Waals surface area contributed by atoms with Crippen molar-refractivity contribution in [1.82, 2.24) is 25.4 Å². The van der Waals surface area contributed by atoms with E-state index in [0.29, 0.717) is 13.1 Å². The highest BCUT2D eigenvalue weighted by molar-refractivity contribution is 6.07. The lowest BCUT2D eigenvalue weighted by molar-refractivity contribution is -0.142. The lowest BCUT2D eigenvalue weighted by Crippen LogP contribution is -2.28. The number of aromatic nitrogens is 4. The second kappa shape index (κ2) is 27.4. The highest BCUT2D eigenvalue weighted by Gasteiger charge is 2.40. The second-order valence-corrected chi connectivity index (χ2v) is 17.3. The SMILES string of the molecule is CCOC(=O)CC(=O)c1ccccc1C(F)(F)F.CCOC(=O)c1cnoc1-c1ccccc1C(F)(F)F.O=C(O)c1cnoc1-c1ccccc1C(F)(F)F.O=C(c1cnoc1-c1ccccc1C(F)(F)F)N1CCC(c2cccnc2)C1. The summed E-state index contributed by atoms with van der Waals surface area (Å²) in [5, 5.41) is 19.0. The largest absolute Gasteiger partial charge is 0.477 e. The van der Waals surface area contributed by atoms with Crippen LogP contribution in [0.4, 0.5) is 52.7 Å². The van der Waals surface area contributed by atoms with Gasteiger partial charge in [0.25, 0.3) is 5.91 Å². The minimum absolute atomic E-state index is 0.0311. The van der Waals surface area contributed by atoms with Gasteiger partial charge in [-0.2, -0.15) is 52.7 Å². The molecule has 28 heteroatoms. The van der Waals surface area contributed by atoms with Crippen LogP contribution in [-0.4, -0.2) is 86.4 Å². The van der Waals surface area contributed by atoms with Crippen LogP contribution in [0.25, 0.3) is 34.0 Å². The summed E-state index contributed by atoms with van der Waals surface area (Å²) in [5.74, 6) is -4.98. The number of alkyl halides is 12. The fourth-order valence-corrected chi connectivity index (χ4v) is 8.16. The Bertz CT molecular complexity index is 3560. The second-order valence-electron chi connectivity index (χ2n) is 17.3. The molecule has 0 saturated carbocycles. The molecule has 1 N–H and O–H groups in total. The maximum atomic E-state index is 13.3. The Balaban J connectivity index is 0.000000183. The zero-order valence-electron chi connectivity index (χ0n) is 43.4. The molecule has 9 rings (SSSR count). The van der Waals surface area contributed by atoms with E-state index in [2.05, 4.69) is 29.7 Å². The molecule has 0 spiro atoms. The molecule has 0 bridgehead atoms. The number of pyridine rings is 1. The van der Waals surface area contributed by atoms with Gasteiger partial charge in [-0.3, -0.25) is 19.4 Å². The van der Waals surface area contributed by atoms with Crippen LogP contribution < -0.4 is 0 Å². The normalized spacial score (nSPS) is 13.3. The number of hydrogen-bond donors (Lipinski definition) is 1. The number of ketones is 1.